The second-order valence-electron chi connectivity index (χ2n) is 11.2. The number of Topliss-reactive ketones (excluding diaryl/α,β-unsaturated/α-hetero) is 1. The van der Waals surface area contributed by atoms with Crippen molar-refractivity contribution in [2.75, 3.05) is 6.61 Å². The fourth-order valence-corrected chi connectivity index (χ4v) is 5.60. The van der Waals surface area contributed by atoms with Crippen molar-refractivity contribution in [3.05, 3.63) is 71.1 Å². The van der Waals surface area contributed by atoms with Gasteiger partial charge in [0, 0.05) is 18.4 Å². The molecule has 2 aromatic rings. The molecule has 0 N–H and O–H groups in total. The summed E-state index contributed by atoms with van der Waals surface area (Å²) in [5, 5.41) is 0. The van der Waals surface area contributed by atoms with Gasteiger partial charge in [-0.25, -0.2) is 12.8 Å². The molecule has 0 spiro atoms. The molecule has 0 heterocycles. The Morgan fingerprint density at radius 2 is 1.66 bits per heavy atom. The number of ketones is 1. The summed E-state index contributed by atoms with van der Waals surface area (Å²) in [6.45, 7) is 4.98. The molecule has 1 aliphatic rings. The molecular formula is C30H34F4O6S. The van der Waals surface area contributed by atoms with Gasteiger partial charge in [-0.3, -0.25) is 9.59 Å². The lowest BCUT2D eigenvalue weighted by Gasteiger charge is -2.25. The van der Waals surface area contributed by atoms with Crippen molar-refractivity contribution in [2.45, 2.75) is 81.7 Å². The van der Waals surface area contributed by atoms with Crippen LogP contribution in [0.4, 0.5) is 17.6 Å². The Bertz CT molecular complexity index is 1370. The van der Waals surface area contributed by atoms with Gasteiger partial charge in [-0.2, -0.15) is 13.2 Å². The molecule has 41 heavy (non-hydrogen) atoms. The van der Waals surface area contributed by atoms with Crippen LogP contribution in [0.25, 0.3) is 0 Å². The molecule has 1 fully saturated rings. The van der Waals surface area contributed by atoms with Gasteiger partial charge in [-0.05, 0) is 74.6 Å². The van der Waals surface area contributed by atoms with Crippen molar-refractivity contribution in [3.8, 4) is 5.75 Å². The maximum Gasteiger partial charge on any atom is 0.417 e. The molecule has 0 bridgehead atoms. The largest absolute Gasteiger partial charge is 0.489 e. The van der Waals surface area contributed by atoms with E-state index in [1.165, 1.54) is 30.3 Å². The second-order valence-corrected chi connectivity index (χ2v) is 13.2. The second kappa shape index (κ2) is 13.2. The zero-order valence-electron chi connectivity index (χ0n) is 23.2. The van der Waals surface area contributed by atoms with Crippen LogP contribution in [0.3, 0.4) is 0 Å². The van der Waals surface area contributed by atoms with E-state index < -0.39 is 50.2 Å². The van der Waals surface area contributed by atoms with Crippen LogP contribution in [0.2, 0.25) is 0 Å². The number of carbonyl (C=O) groups excluding carboxylic acids is 2. The first-order valence-electron chi connectivity index (χ1n) is 13.3. The van der Waals surface area contributed by atoms with Gasteiger partial charge >= 0.3 is 12.1 Å². The summed E-state index contributed by atoms with van der Waals surface area (Å²) < 4.78 is 91.1. The molecule has 3 rings (SSSR count). The Balaban J connectivity index is 1.64. The predicted molar refractivity (Wildman–Crippen MR) is 145 cm³/mol. The van der Waals surface area contributed by atoms with Crippen LogP contribution in [-0.4, -0.2) is 32.4 Å². The van der Waals surface area contributed by atoms with E-state index in [9.17, 15) is 35.6 Å². The van der Waals surface area contributed by atoms with Crippen molar-refractivity contribution in [3.63, 3.8) is 0 Å². The first-order valence-corrected chi connectivity index (χ1v) is 14.9. The number of halogens is 4. The predicted octanol–water partition coefficient (Wildman–Crippen LogP) is 7.41. The topological polar surface area (TPSA) is 86.7 Å². The smallest absolute Gasteiger partial charge is 0.417 e. The van der Waals surface area contributed by atoms with Gasteiger partial charge in [0.25, 0.3) is 0 Å². The molecule has 0 aromatic heterocycles. The van der Waals surface area contributed by atoms with Crippen LogP contribution in [0.5, 0.6) is 5.75 Å². The monoisotopic (exact) mass is 598 g/mol. The highest BCUT2D eigenvalue weighted by Crippen LogP contribution is 2.36. The molecule has 0 radical (unpaired) electrons. The Kier molecular flexibility index (Phi) is 10.4. The first kappa shape index (κ1) is 32.3. The van der Waals surface area contributed by atoms with Gasteiger partial charge in [-0.1, -0.05) is 31.4 Å². The number of hydrogen-bond donors (Lipinski definition) is 0. The third-order valence-corrected chi connectivity index (χ3v) is 8.28. The molecule has 11 heteroatoms. The van der Waals surface area contributed by atoms with Crippen molar-refractivity contribution in [1.29, 1.82) is 0 Å². The molecule has 2 aromatic carbocycles. The molecule has 224 valence electrons. The Morgan fingerprint density at radius 1 is 1.00 bits per heavy atom. The zero-order chi connectivity index (χ0) is 30.4. The third-order valence-electron chi connectivity index (χ3n) is 6.58. The van der Waals surface area contributed by atoms with Crippen LogP contribution in [0.1, 0.15) is 80.8 Å². The van der Waals surface area contributed by atoms with Crippen LogP contribution in [0.15, 0.2) is 59.3 Å². The highest BCUT2D eigenvalue weighted by Gasteiger charge is 2.36. The van der Waals surface area contributed by atoms with E-state index >= 15 is 0 Å². The summed E-state index contributed by atoms with van der Waals surface area (Å²) in [7, 11) is -4.04. The Hall–Kier alpha value is -3.21. The maximum absolute atomic E-state index is 13.8. The van der Waals surface area contributed by atoms with Gasteiger partial charge in [-0.15, -0.1) is 0 Å². The minimum atomic E-state index is -4.82. The molecule has 0 saturated heterocycles. The number of benzene rings is 2. The fraction of sp³-hybridized carbons (Fsp3) is 0.467. The molecule has 0 aliphatic heterocycles. The zero-order valence-corrected chi connectivity index (χ0v) is 24.0. The molecule has 0 atom stereocenters. The third kappa shape index (κ3) is 9.69. The SMILES string of the molecule is CC(C)(C)OC(=O)CC/C(=C\F)COc1ccc(S(=O)(=O)Cc2ccc(C(=O)CC3CCC3)c(C(F)(F)F)c2)cc1. The Morgan fingerprint density at radius 3 is 2.20 bits per heavy atom. The minimum Gasteiger partial charge on any atom is -0.489 e. The number of hydrogen-bond acceptors (Lipinski definition) is 6. The maximum atomic E-state index is 13.8. The van der Waals surface area contributed by atoms with Crippen molar-refractivity contribution < 1.29 is 45.0 Å². The number of alkyl halides is 3. The molecule has 0 amide bonds. The molecule has 1 saturated carbocycles. The average molecular weight is 599 g/mol. The number of esters is 1. The van der Waals surface area contributed by atoms with Crippen LogP contribution >= 0.6 is 0 Å². The van der Waals surface area contributed by atoms with Gasteiger partial charge in [0.2, 0.25) is 0 Å². The molecule has 0 unspecified atom stereocenters. The molecular weight excluding hydrogens is 564 g/mol. The van der Waals surface area contributed by atoms with E-state index in [2.05, 4.69) is 0 Å². The van der Waals surface area contributed by atoms with E-state index in [0.29, 0.717) is 6.33 Å². The van der Waals surface area contributed by atoms with Crippen LogP contribution < -0.4 is 4.74 Å². The van der Waals surface area contributed by atoms with E-state index in [0.717, 1.165) is 31.4 Å². The highest BCUT2D eigenvalue weighted by atomic mass is 32.2. The van der Waals surface area contributed by atoms with Crippen molar-refractivity contribution in [1.82, 2.24) is 0 Å². The van der Waals surface area contributed by atoms with Crippen molar-refractivity contribution >= 4 is 21.6 Å². The van der Waals surface area contributed by atoms with E-state index in [1.807, 2.05) is 0 Å². The van der Waals surface area contributed by atoms with Crippen LogP contribution in [0, 0.1) is 5.92 Å². The number of carbonyl (C=O) groups is 2. The summed E-state index contributed by atoms with van der Waals surface area (Å²) in [5.41, 5.74) is -2.14. The quantitative estimate of drug-likeness (QED) is 0.144. The summed E-state index contributed by atoms with van der Waals surface area (Å²) >= 11 is 0. The lowest BCUT2D eigenvalue weighted by atomic mass is 9.80. The normalized spacial score (nSPS) is 14.9. The fourth-order valence-electron chi connectivity index (χ4n) is 4.26. The number of ether oxygens (including phenoxy) is 2. The lowest BCUT2D eigenvalue weighted by Crippen LogP contribution is -2.23. The Labute approximate surface area is 237 Å². The summed E-state index contributed by atoms with van der Waals surface area (Å²) in [6.07, 6.45) is -1.82. The van der Waals surface area contributed by atoms with Gasteiger partial charge in [0.15, 0.2) is 15.6 Å². The number of rotatable bonds is 12. The summed E-state index contributed by atoms with van der Waals surface area (Å²) in [6, 6.07) is 8.20. The number of sulfone groups is 1. The minimum absolute atomic E-state index is 0.0424. The standard InChI is InChI=1S/C30H34F4O6S/c1-29(2,3)40-28(36)14-8-22(17-31)18-39-23-9-11-24(12-10-23)41(37,38)19-21-7-13-25(26(15-21)30(32,33)34)27(35)16-20-5-4-6-20/h7,9-13,15,17,20H,4-6,8,14,16,18-19H2,1-3H3/b22-17+. The van der Waals surface area contributed by atoms with E-state index in [-0.39, 0.29) is 53.6 Å². The van der Waals surface area contributed by atoms with Gasteiger partial charge in [0.05, 0.1) is 22.5 Å². The summed E-state index contributed by atoms with van der Waals surface area (Å²) in [5.74, 6) is -1.46. The first-order chi connectivity index (χ1) is 19.1. The average Bonchev–Trinajstić information content (AvgIpc) is 2.84. The van der Waals surface area contributed by atoms with Crippen molar-refractivity contribution in [2.24, 2.45) is 5.92 Å². The van der Waals surface area contributed by atoms with Gasteiger partial charge < -0.3 is 9.47 Å². The molecule has 1 aliphatic carbocycles. The highest BCUT2D eigenvalue weighted by molar-refractivity contribution is 7.90. The van der Waals surface area contributed by atoms with Gasteiger partial charge in [0.1, 0.15) is 18.0 Å². The lowest BCUT2D eigenvalue weighted by molar-refractivity contribution is -0.154. The van der Waals surface area contributed by atoms with E-state index in [4.69, 9.17) is 9.47 Å². The van der Waals surface area contributed by atoms with Crippen LogP contribution in [-0.2, 0) is 31.3 Å². The molecule has 6 nitrogen and oxygen atoms in total. The summed E-state index contributed by atoms with van der Waals surface area (Å²) in [4.78, 5) is 24.2. The van der Waals surface area contributed by atoms with E-state index in [1.54, 1.807) is 20.8 Å².